The highest BCUT2D eigenvalue weighted by Gasteiger charge is 2.28. The standard InChI is InChI=1S/C13H6O5.C2H6/c14-11(15)7-4-6-2-1-3-8-10(6)9(5-7)13(17)18-12(8)16;1-2/h1-5H,(H,14,15);1-2H3. The molecule has 5 heteroatoms. The van der Waals surface area contributed by atoms with E-state index in [1.54, 1.807) is 18.2 Å². The number of benzene rings is 2. The van der Waals surface area contributed by atoms with Gasteiger partial charge >= 0.3 is 17.9 Å². The van der Waals surface area contributed by atoms with Gasteiger partial charge in [-0.2, -0.15) is 0 Å². The number of hydrogen-bond donors (Lipinski definition) is 1. The Balaban J connectivity index is 0.000000704. The van der Waals surface area contributed by atoms with E-state index in [0.29, 0.717) is 10.8 Å². The molecular formula is C15H12O5. The van der Waals surface area contributed by atoms with Gasteiger partial charge in [0.05, 0.1) is 16.7 Å². The zero-order chi connectivity index (χ0) is 14.9. The number of hydrogen-bond acceptors (Lipinski definition) is 4. The summed E-state index contributed by atoms with van der Waals surface area (Å²) in [5.41, 5.74) is 0.375. The number of ether oxygens (including phenoxy) is 1. The van der Waals surface area contributed by atoms with E-state index in [0.717, 1.165) is 0 Å². The van der Waals surface area contributed by atoms with Gasteiger partial charge in [-0.25, -0.2) is 14.4 Å². The fourth-order valence-corrected chi connectivity index (χ4v) is 2.08. The van der Waals surface area contributed by atoms with Crippen LogP contribution in [0.5, 0.6) is 0 Å². The topological polar surface area (TPSA) is 80.7 Å². The molecule has 1 N–H and O–H groups in total. The third-order valence-electron chi connectivity index (χ3n) is 2.85. The van der Waals surface area contributed by atoms with E-state index in [-0.39, 0.29) is 16.7 Å². The predicted octanol–water partition coefficient (Wildman–Crippen LogP) is 2.87. The van der Waals surface area contributed by atoms with Crippen molar-refractivity contribution in [2.45, 2.75) is 13.8 Å². The highest BCUT2D eigenvalue weighted by atomic mass is 16.6. The zero-order valence-electron chi connectivity index (χ0n) is 11.0. The molecule has 20 heavy (non-hydrogen) atoms. The van der Waals surface area contributed by atoms with E-state index < -0.39 is 17.9 Å². The van der Waals surface area contributed by atoms with Crippen LogP contribution in [0.3, 0.4) is 0 Å². The van der Waals surface area contributed by atoms with E-state index in [1.165, 1.54) is 12.1 Å². The molecule has 0 saturated heterocycles. The van der Waals surface area contributed by atoms with Crippen molar-refractivity contribution in [1.82, 2.24) is 0 Å². The van der Waals surface area contributed by atoms with Gasteiger partial charge in [0.25, 0.3) is 0 Å². The first-order valence-corrected chi connectivity index (χ1v) is 6.14. The van der Waals surface area contributed by atoms with Crippen LogP contribution < -0.4 is 0 Å². The van der Waals surface area contributed by atoms with E-state index in [9.17, 15) is 14.4 Å². The first kappa shape index (κ1) is 13.7. The fourth-order valence-electron chi connectivity index (χ4n) is 2.08. The van der Waals surface area contributed by atoms with Crippen LogP contribution in [-0.4, -0.2) is 23.0 Å². The summed E-state index contributed by atoms with van der Waals surface area (Å²) >= 11 is 0. The SMILES string of the molecule is CC.O=C(O)c1cc2c3c(cccc3c1)C(=O)OC2=O. The molecule has 2 aromatic rings. The third kappa shape index (κ3) is 2.03. The van der Waals surface area contributed by atoms with E-state index in [2.05, 4.69) is 4.74 Å². The lowest BCUT2D eigenvalue weighted by atomic mass is 9.95. The van der Waals surface area contributed by atoms with Gasteiger partial charge in [0, 0.05) is 5.39 Å². The van der Waals surface area contributed by atoms with Gasteiger partial charge in [-0.3, -0.25) is 0 Å². The summed E-state index contributed by atoms with van der Waals surface area (Å²) < 4.78 is 4.57. The molecule has 0 fully saturated rings. The van der Waals surface area contributed by atoms with Crippen molar-refractivity contribution in [3.05, 3.63) is 47.0 Å². The Labute approximate surface area is 114 Å². The molecule has 1 aliphatic rings. The number of cyclic esters (lactones) is 2. The van der Waals surface area contributed by atoms with Crippen LogP contribution >= 0.6 is 0 Å². The van der Waals surface area contributed by atoms with Crippen LogP contribution in [0.15, 0.2) is 30.3 Å². The summed E-state index contributed by atoms with van der Waals surface area (Å²) in [7, 11) is 0. The molecule has 0 aliphatic carbocycles. The predicted molar refractivity (Wildman–Crippen MR) is 72.0 cm³/mol. The van der Waals surface area contributed by atoms with Crippen molar-refractivity contribution in [1.29, 1.82) is 0 Å². The molecule has 1 aliphatic heterocycles. The van der Waals surface area contributed by atoms with Crippen molar-refractivity contribution < 1.29 is 24.2 Å². The lowest BCUT2D eigenvalue weighted by Gasteiger charge is -2.15. The van der Waals surface area contributed by atoms with Crippen molar-refractivity contribution in [2.24, 2.45) is 0 Å². The number of aromatic carboxylic acids is 1. The van der Waals surface area contributed by atoms with Crippen molar-refractivity contribution in [2.75, 3.05) is 0 Å². The first-order valence-electron chi connectivity index (χ1n) is 6.14. The second kappa shape index (κ2) is 5.13. The van der Waals surface area contributed by atoms with Crippen LogP contribution in [0, 0.1) is 0 Å². The Morgan fingerprint density at radius 2 is 1.70 bits per heavy atom. The first-order chi connectivity index (χ1) is 9.58. The molecule has 0 bridgehead atoms. The molecule has 3 rings (SSSR count). The quantitative estimate of drug-likeness (QED) is 0.637. The lowest BCUT2D eigenvalue weighted by molar-refractivity contribution is 0.0391. The van der Waals surface area contributed by atoms with Gasteiger partial charge in [0.1, 0.15) is 0 Å². The Kier molecular flexibility index (Phi) is 3.52. The molecule has 0 unspecified atom stereocenters. The Hall–Kier alpha value is -2.69. The molecule has 102 valence electrons. The van der Waals surface area contributed by atoms with Gasteiger partial charge in [-0.05, 0) is 23.6 Å². The largest absolute Gasteiger partial charge is 0.478 e. The minimum absolute atomic E-state index is 0.0130. The van der Waals surface area contributed by atoms with Crippen LogP contribution in [0.25, 0.3) is 10.8 Å². The molecule has 0 amide bonds. The smallest absolute Gasteiger partial charge is 0.346 e. The van der Waals surface area contributed by atoms with Gasteiger partial charge in [-0.15, -0.1) is 0 Å². The number of rotatable bonds is 1. The van der Waals surface area contributed by atoms with Crippen molar-refractivity contribution in [3.63, 3.8) is 0 Å². The van der Waals surface area contributed by atoms with Crippen LogP contribution in [-0.2, 0) is 4.74 Å². The molecule has 2 aromatic carbocycles. The minimum atomic E-state index is -1.14. The van der Waals surface area contributed by atoms with Gasteiger partial charge < -0.3 is 9.84 Å². The monoisotopic (exact) mass is 272 g/mol. The molecule has 0 saturated carbocycles. The average Bonchev–Trinajstić information content (AvgIpc) is 2.46. The number of esters is 2. The van der Waals surface area contributed by atoms with E-state index in [4.69, 9.17) is 5.11 Å². The molecule has 0 atom stereocenters. The molecule has 1 heterocycles. The Morgan fingerprint density at radius 3 is 2.35 bits per heavy atom. The summed E-state index contributed by atoms with van der Waals surface area (Å²) in [5.74, 6) is -2.66. The highest BCUT2D eigenvalue weighted by Crippen LogP contribution is 2.29. The van der Waals surface area contributed by atoms with Crippen molar-refractivity contribution in [3.8, 4) is 0 Å². The maximum atomic E-state index is 11.6. The highest BCUT2D eigenvalue weighted by molar-refractivity contribution is 6.21. The summed E-state index contributed by atoms with van der Waals surface area (Å²) in [6.07, 6.45) is 0. The Bertz CT molecular complexity index is 730. The lowest BCUT2D eigenvalue weighted by Crippen LogP contribution is -2.20. The fraction of sp³-hybridized carbons (Fsp3) is 0.133. The zero-order valence-corrected chi connectivity index (χ0v) is 11.0. The summed E-state index contributed by atoms with van der Waals surface area (Å²) in [6, 6.07) is 7.46. The van der Waals surface area contributed by atoms with Crippen LogP contribution in [0.1, 0.15) is 44.9 Å². The minimum Gasteiger partial charge on any atom is -0.478 e. The van der Waals surface area contributed by atoms with E-state index in [1.807, 2.05) is 13.8 Å². The van der Waals surface area contributed by atoms with Gasteiger partial charge in [-0.1, -0.05) is 26.0 Å². The normalized spacial score (nSPS) is 12.5. The van der Waals surface area contributed by atoms with Crippen LogP contribution in [0.4, 0.5) is 0 Å². The maximum absolute atomic E-state index is 11.6. The average molecular weight is 272 g/mol. The Morgan fingerprint density at radius 1 is 1.05 bits per heavy atom. The molecule has 0 radical (unpaired) electrons. The van der Waals surface area contributed by atoms with Gasteiger partial charge in [0.2, 0.25) is 0 Å². The molecule has 5 nitrogen and oxygen atoms in total. The van der Waals surface area contributed by atoms with Crippen LogP contribution in [0.2, 0.25) is 0 Å². The second-order valence-corrected chi connectivity index (χ2v) is 3.91. The summed E-state index contributed by atoms with van der Waals surface area (Å²) in [5, 5.41) is 9.95. The summed E-state index contributed by atoms with van der Waals surface area (Å²) in [6.45, 7) is 4.00. The number of carbonyl (C=O) groups excluding carboxylic acids is 2. The van der Waals surface area contributed by atoms with Gasteiger partial charge in [0.15, 0.2) is 0 Å². The number of carboxylic acids is 1. The number of carbonyl (C=O) groups is 3. The molecule has 0 aromatic heterocycles. The molecular weight excluding hydrogens is 260 g/mol. The second-order valence-electron chi connectivity index (χ2n) is 3.91. The molecule has 0 spiro atoms. The summed E-state index contributed by atoms with van der Waals surface area (Å²) in [4.78, 5) is 34.1. The maximum Gasteiger partial charge on any atom is 0.346 e. The van der Waals surface area contributed by atoms with Crippen molar-refractivity contribution >= 4 is 28.7 Å². The third-order valence-corrected chi connectivity index (χ3v) is 2.85. The van der Waals surface area contributed by atoms with E-state index >= 15 is 0 Å². The number of carboxylic acid groups (broad SMARTS) is 1.